The molecule has 0 saturated heterocycles. The molecule has 0 unspecified atom stereocenters. The second-order valence-electron chi connectivity index (χ2n) is 4.39. The molecule has 20 heavy (non-hydrogen) atoms. The minimum absolute atomic E-state index is 0.152. The maximum absolute atomic E-state index is 12.7. The number of carbonyl (C=O) groups excluding carboxylic acids is 1. The first kappa shape index (κ1) is 14.6. The zero-order valence-electron chi connectivity index (χ0n) is 11.4. The summed E-state index contributed by atoms with van der Waals surface area (Å²) in [4.78, 5) is 12.7. The number of benzene rings is 1. The number of nitrogen functional groups attached to an aromatic ring is 1. The standard InChI is InChI=1S/C14H16BrN3O2/c1-3-4-18-13(12(20-2)8-17-18)14(19)9-5-10(15)7-11(16)6-9/h5-8H,3-4,16H2,1-2H3. The van der Waals surface area contributed by atoms with Crippen LogP contribution in [0, 0.1) is 0 Å². The van der Waals surface area contributed by atoms with Gasteiger partial charge in [0, 0.05) is 22.3 Å². The lowest BCUT2D eigenvalue weighted by molar-refractivity contribution is 0.102. The average molecular weight is 338 g/mol. The summed E-state index contributed by atoms with van der Waals surface area (Å²) in [5, 5.41) is 4.20. The summed E-state index contributed by atoms with van der Waals surface area (Å²) in [6.07, 6.45) is 2.44. The topological polar surface area (TPSA) is 70.1 Å². The van der Waals surface area contributed by atoms with Gasteiger partial charge in [-0.2, -0.15) is 5.10 Å². The van der Waals surface area contributed by atoms with Gasteiger partial charge in [-0.3, -0.25) is 9.48 Å². The van der Waals surface area contributed by atoms with Gasteiger partial charge in [-0.05, 0) is 24.6 Å². The van der Waals surface area contributed by atoms with Crippen molar-refractivity contribution in [2.75, 3.05) is 12.8 Å². The minimum atomic E-state index is -0.152. The van der Waals surface area contributed by atoms with Crippen molar-refractivity contribution in [3.8, 4) is 5.75 Å². The molecule has 0 aliphatic heterocycles. The molecule has 1 aromatic heterocycles. The molecule has 0 aliphatic carbocycles. The highest BCUT2D eigenvalue weighted by atomic mass is 79.9. The Labute approximate surface area is 125 Å². The molecule has 106 valence electrons. The molecule has 0 aliphatic rings. The molecule has 0 atom stereocenters. The van der Waals surface area contributed by atoms with Gasteiger partial charge in [-0.1, -0.05) is 22.9 Å². The van der Waals surface area contributed by atoms with Crippen LogP contribution in [0.3, 0.4) is 0 Å². The van der Waals surface area contributed by atoms with Gasteiger partial charge >= 0.3 is 0 Å². The summed E-state index contributed by atoms with van der Waals surface area (Å²) in [6.45, 7) is 2.69. The van der Waals surface area contributed by atoms with E-state index >= 15 is 0 Å². The molecular formula is C14H16BrN3O2. The first-order valence-electron chi connectivity index (χ1n) is 6.27. The van der Waals surface area contributed by atoms with E-state index in [1.54, 1.807) is 29.1 Å². The predicted molar refractivity (Wildman–Crippen MR) is 81.1 cm³/mol. The molecule has 2 aromatic rings. The molecule has 0 saturated carbocycles. The Balaban J connectivity index is 2.49. The van der Waals surface area contributed by atoms with Gasteiger partial charge in [0.1, 0.15) is 0 Å². The van der Waals surface area contributed by atoms with E-state index in [1.165, 1.54) is 7.11 Å². The van der Waals surface area contributed by atoms with Crippen molar-refractivity contribution in [2.24, 2.45) is 0 Å². The summed E-state index contributed by atoms with van der Waals surface area (Å²) in [5.41, 5.74) is 7.27. The SMILES string of the molecule is CCCn1ncc(OC)c1C(=O)c1cc(N)cc(Br)c1. The van der Waals surface area contributed by atoms with Crippen LogP contribution in [-0.4, -0.2) is 22.7 Å². The van der Waals surface area contributed by atoms with Gasteiger partial charge in [-0.15, -0.1) is 0 Å². The molecule has 2 N–H and O–H groups in total. The van der Waals surface area contributed by atoms with E-state index in [0.29, 0.717) is 29.2 Å². The molecule has 1 aromatic carbocycles. The maximum Gasteiger partial charge on any atom is 0.214 e. The van der Waals surface area contributed by atoms with E-state index in [2.05, 4.69) is 21.0 Å². The Morgan fingerprint density at radius 1 is 1.45 bits per heavy atom. The number of rotatable bonds is 5. The van der Waals surface area contributed by atoms with E-state index in [1.807, 2.05) is 6.92 Å². The molecule has 2 rings (SSSR count). The first-order valence-corrected chi connectivity index (χ1v) is 7.06. The Kier molecular flexibility index (Phi) is 4.44. The second kappa shape index (κ2) is 6.09. The van der Waals surface area contributed by atoms with Gasteiger partial charge in [0.25, 0.3) is 0 Å². The first-order chi connectivity index (χ1) is 9.56. The smallest absolute Gasteiger partial charge is 0.214 e. The molecule has 0 spiro atoms. The molecule has 6 heteroatoms. The lowest BCUT2D eigenvalue weighted by Gasteiger charge is -2.08. The van der Waals surface area contributed by atoms with Crippen molar-refractivity contribution in [3.63, 3.8) is 0 Å². The quantitative estimate of drug-likeness (QED) is 0.672. The summed E-state index contributed by atoms with van der Waals surface area (Å²) >= 11 is 3.34. The number of ether oxygens (including phenoxy) is 1. The van der Waals surface area contributed by atoms with Crippen LogP contribution in [0.15, 0.2) is 28.9 Å². The Morgan fingerprint density at radius 3 is 2.80 bits per heavy atom. The van der Waals surface area contributed by atoms with Crippen molar-refractivity contribution in [2.45, 2.75) is 19.9 Å². The summed E-state index contributed by atoms with van der Waals surface area (Å²) < 4.78 is 7.66. The molecule has 0 amide bonds. The van der Waals surface area contributed by atoms with Crippen LogP contribution in [0.5, 0.6) is 5.75 Å². The summed E-state index contributed by atoms with van der Waals surface area (Å²) in [5.74, 6) is 0.322. The number of ketones is 1. The fourth-order valence-corrected chi connectivity index (χ4v) is 2.52. The highest BCUT2D eigenvalue weighted by Gasteiger charge is 2.21. The number of nitrogens with zero attached hydrogens (tertiary/aromatic N) is 2. The van der Waals surface area contributed by atoms with Crippen LogP contribution >= 0.6 is 15.9 Å². The maximum atomic E-state index is 12.7. The molecule has 1 heterocycles. The van der Waals surface area contributed by atoms with Crippen molar-refractivity contribution in [1.29, 1.82) is 0 Å². The van der Waals surface area contributed by atoms with E-state index in [4.69, 9.17) is 10.5 Å². The number of carbonyl (C=O) groups is 1. The van der Waals surface area contributed by atoms with Crippen LogP contribution < -0.4 is 10.5 Å². The van der Waals surface area contributed by atoms with Crippen LogP contribution in [0.25, 0.3) is 0 Å². The van der Waals surface area contributed by atoms with E-state index < -0.39 is 0 Å². The van der Waals surface area contributed by atoms with Crippen LogP contribution in [0.2, 0.25) is 0 Å². The number of methoxy groups -OCH3 is 1. The van der Waals surface area contributed by atoms with Gasteiger partial charge in [-0.25, -0.2) is 0 Å². The van der Waals surface area contributed by atoms with Gasteiger partial charge < -0.3 is 10.5 Å². The van der Waals surface area contributed by atoms with Crippen molar-refractivity contribution >= 4 is 27.4 Å². The van der Waals surface area contributed by atoms with E-state index in [9.17, 15) is 4.79 Å². The largest absolute Gasteiger partial charge is 0.493 e. The van der Waals surface area contributed by atoms with Crippen molar-refractivity contribution in [3.05, 3.63) is 40.1 Å². The highest BCUT2D eigenvalue weighted by Crippen LogP contribution is 2.24. The fraction of sp³-hybridized carbons (Fsp3) is 0.286. The number of aromatic nitrogens is 2. The highest BCUT2D eigenvalue weighted by molar-refractivity contribution is 9.10. The number of nitrogens with two attached hydrogens (primary N) is 1. The summed E-state index contributed by atoms with van der Waals surface area (Å²) in [7, 11) is 1.53. The minimum Gasteiger partial charge on any atom is -0.493 e. The lowest BCUT2D eigenvalue weighted by atomic mass is 10.1. The molecular weight excluding hydrogens is 322 g/mol. The number of anilines is 1. The molecule has 0 fully saturated rings. The number of hydrogen-bond donors (Lipinski definition) is 1. The van der Waals surface area contributed by atoms with Crippen LogP contribution in [0.4, 0.5) is 5.69 Å². The number of aryl methyl sites for hydroxylation is 1. The number of hydrogen-bond acceptors (Lipinski definition) is 4. The van der Waals surface area contributed by atoms with Gasteiger partial charge in [0.2, 0.25) is 5.78 Å². The normalized spacial score (nSPS) is 10.6. The second-order valence-corrected chi connectivity index (χ2v) is 5.30. The molecule has 0 bridgehead atoms. The lowest BCUT2D eigenvalue weighted by Crippen LogP contribution is -2.13. The van der Waals surface area contributed by atoms with E-state index in [0.717, 1.165) is 10.9 Å². The van der Waals surface area contributed by atoms with Crippen molar-refractivity contribution in [1.82, 2.24) is 9.78 Å². The third kappa shape index (κ3) is 2.85. The Bertz CT molecular complexity index is 617. The Morgan fingerprint density at radius 2 is 2.20 bits per heavy atom. The van der Waals surface area contributed by atoms with Crippen LogP contribution in [-0.2, 0) is 6.54 Å². The third-order valence-electron chi connectivity index (χ3n) is 2.86. The van der Waals surface area contributed by atoms with Crippen molar-refractivity contribution < 1.29 is 9.53 Å². The summed E-state index contributed by atoms with van der Waals surface area (Å²) in [6, 6.07) is 5.13. The fourth-order valence-electron chi connectivity index (χ4n) is 2.01. The third-order valence-corrected chi connectivity index (χ3v) is 3.32. The zero-order chi connectivity index (χ0) is 14.7. The van der Waals surface area contributed by atoms with Crippen LogP contribution in [0.1, 0.15) is 29.4 Å². The van der Waals surface area contributed by atoms with E-state index in [-0.39, 0.29) is 5.78 Å². The molecule has 5 nitrogen and oxygen atoms in total. The predicted octanol–water partition coefficient (Wildman–Crippen LogP) is 2.88. The zero-order valence-corrected chi connectivity index (χ0v) is 13.0. The molecule has 0 radical (unpaired) electrons. The average Bonchev–Trinajstić information content (AvgIpc) is 2.80. The van der Waals surface area contributed by atoms with Gasteiger partial charge in [0.05, 0.1) is 13.3 Å². The number of halogens is 1. The Hall–Kier alpha value is -1.82. The monoisotopic (exact) mass is 337 g/mol. The van der Waals surface area contributed by atoms with Gasteiger partial charge in [0.15, 0.2) is 11.4 Å².